The number of esters is 1. The highest BCUT2D eigenvalue weighted by molar-refractivity contribution is 7.98. The second-order valence-electron chi connectivity index (χ2n) is 3.58. The van der Waals surface area contributed by atoms with E-state index in [4.69, 9.17) is 4.74 Å². The number of H-pyrrole nitrogens is 1. The van der Waals surface area contributed by atoms with Crippen molar-refractivity contribution in [1.82, 2.24) is 30.4 Å². The van der Waals surface area contributed by atoms with Crippen LogP contribution >= 0.6 is 11.8 Å². The standard InChI is InChI=1S/C9H10N8O4S/c1-3-21-6(18)4-5(11-9(22-2)16-13-4)10-7-12-8(15-14-7)17(19)20/h3H2,1-2H3,(H2,10,11,12,14,15,16). The van der Waals surface area contributed by atoms with Crippen molar-refractivity contribution in [3.8, 4) is 0 Å². The smallest absolute Gasteiger partial charge is 0.455 e. The molecule has 116 valence electrons. The summed E-state index contributed by atoms with van der Waals surface area (Å²) in [5, 5.41) is 26.6. The van der Waals surface area contributed by atoms with E-state index in [2.05, 4.69) is 35.7 Å². The highest BCUT2D eigenvalue weighted by atomic mass is 32.2. The summed E-state index contributed by atoms with van der Waals surface area (Å²) in [4.78, 5) is 29.3. The number of carbonyl (C=O) groups excluding carboxylic acids is 1. The molecule has 0 aliphatic heterocycles. The number of aromatic amines is 1. The molecule has 2 aromatic rings. The number of hydrogen-bond donors (Lipinski definition) is 2. The normalized spacial score (nSPS) is 10.3. The van der Waals surface area contributed by atoms with Gasteiger partial charge in [0, 0.05) is 0 Å². The number of nitro groups is 1. The maximum absolute atomic E-state index is 11.8. The number of ether oxygens (including phenoxy) is 1. The average Bonchev–Trinajstić information content (AvgIpc) is 2.96. The lowest BCUT2D eigenvalue weighted by atomic mass is 10.4. The summed E-state index contributed by atoms with van der Waals surface area (Å²) in [5.41, 5.74) is -0.174. The first kappa shape index (κ1) is 15.6. The number of nitrogens with one attached hydrogen (secondary N) is 2. The van der Waals surface area contributed by atoms with Gasteiger partial charge >= 0.3 is 17.9 Å². The van der Waals surface area contributed by atoms with E-state index >= 15 is 0 Å². The second-order valence-corrected chi connectivity index (χ2v) is 4.35. The van der Waals surface area contributed by atoms with E-state index in [1.54, 1.807) is 13.2 Å². The van der Waals surface area contributed by atoms with E-state index < -0.39 is 16.8 Å². The highest BCUT2D eigenvalue weighted by Gasteiger charge is 2.22. The number of carbonyl (C=O) groups is 1. The minimum absolute atomic E-state index is 0.00769. The maximum atomic E-state index is 11.8. The Hall–Kier alpha value is -2.83. The van der Waals surface area contributed by atoms with Crippen molar-refractivity contribution < 1.29 is 14.5 Å². The quantitative estimate of drug-likeness (QED) is 0.329. The number of thioether (sulfide) groups is 1. The predicted octanol–water partition coefficient (Wildman–Crippen LogP) is 0.540. The van der Waals surface area contributed by atoms with Gasteiger partial charge in [-0.25, -0.2) is 9.78 Å². The highest BCUT2D eigenvalue weighted by Crippen LogP contribution is 2.19. The van der Waals surface area contributed by atoms with Crippen LogP contribution in [0.2, 0.25) is 0 Å². The van der Waals surface area contributed by atoms with Crippen LogP contribution in [0, 0.1) is 10.1 Å². The third kappa shape index (κ3) is 3.43. The summed E-state index contributed by atoms with van der Waals surface area (Å²) >= 11 is 1.20. The number of anilines is 2. The van der Waals surface area contributed by atoms with Crippen LogP contribution in [-0.2, 0) is 4.74 Å². The summed E-state index contributed by atoms with van der Waals surface area (Å²) in [6.45, 7) is 1.79. The van der Waals surface area contributed by atoms with Crippen molar-refractivity contribution in [2.75, 3.05) is 18.2 Å². The van der Waals surface area contributed by atoms with Crippen LogP contribution in [0.4, 0.5) is 17.7 Å². The monoisotopic (exact) mass is 326 g/mol. The van der Waals surface area contributed by atoms with Crippen LogP contribution in [0.5, 0.6) is 0 Å². The maximum Gasteiger partial charge on any atom is 0.455 e. The Morgan fingerprint density at radius 1 is 1.45 bits per heavy atom. The zero-order valence-corrected chi connectivity index (χ0v) is 12.2. The summed E-state index contributed by atoms with van der Waals surface area (Å²) in [6, 6.07) is 0. The van der Waals surface area contributed by atoms with Crippen LogP contribution in [-0.4, -0.2) is 54.1 Å². The van der Waals surface area contributed by atoms with Crippen LogP contribution in [0.1, 0.15) is 17.4 Å². The summed E-state index contributed by atoms with van der Waals surface area (Å²) < 4.78 is 4.84. The van der Waals surface area contributed by atoms with Crippen molar-refractivity contribution in [2.24, 2.45) is 0 Å². The Morgan fingerprint density at radius 3 is 2.82 bits per heavy atom. The SMILES string of the molecule is CCOC(=O)c1nnc(SC)nc1Nc1n[nH]c([N+](=O)[O-])n1. The molecule has 13 heteroatoms. The van der Waals surface area contributed by atoms with Gasteiger partial charge in [0.1, 0.15) is 0 Å². The van der Waals surface area contributed by atoms with Gasteiger partial charge in [0.05, 0.1) is 6.61 Å². The third-order valence-electron chi connectivity index (χ3n) is 2.20. The molecule has 0 saturated heterocycles. The molecule has 2 rings (SSSR count). The van der Waals surface area contributed by atoms with Crippen molar-refractivity contribution in [3.05, 3.63) is 15.8 Å². The van der Waals surface area contributed by atoms with Gasteiger partial charge in [0.2, 0.25) is 10.9 Å². The molecule has 0 radical (unpaired) electrons. The van der Waals surface area contributed by atoms with Gasteiger partial charge in [0.15, 0.2) is 5.82 Å². The largest absolute Gasteiger partial charge is 0.461 e. The van der Waals surface area contributed by atoms with E-state index in [0.29, 0.717) is 5.16 Å². The number of rotatable bonds is 6. The van der Waals surface area contributed by atoms with Gasteiger partial charge in [-0.1, -0.05) is 16.9 Å². The first-order valence-electron chi connectivity index (χ1n) is 5.84. The predicted molar refractivity (Wildman–Crippen MR) is 73.9 cm³/mol. The van der Waals surface area contributed by atoms with Crippen molar-refractivity contribution >= 4 is 35.4 Å². The van der Waals surface area contributed by atoms with Crippen LogP contribution < -0.4 is 5.32 Å². The lowest BCUT2D eigenvalue weighted by Crippen LogP contribution is -2.14. The molecular weight excluding hydrogens is 316 g/mol. The summed E-state index contributed by atoms with van der Waals surface area (Å²) in [7, 11) is 0. The average molecular weight is 326 g/mol. The molecule has 2 aromatic heterocycles. The molecule has 0 fully saturated rings. The third-order valence-corrected chi connectivity index (χ3v) is 2.73. The fourth-order valence-electron chi connectivity index (χ4n) is 1.32. The zero-order chi connectivity index (χ0) is 16.1. The van der Waals surface area contributed by atoms with Crippen molar-refractivity contribution in [3.63, 3.8) is 0 Å². The Balaban J connectivity index is 2.33. The van der Waals surface area contributed by atoms with Crippen LogP contribution in [0.15, 0.2) is 5.16 Å². The molecule has 0 atom stereocenters. The van der Waals surface area contributed by atoms with Gasteiger partial charge in [-0.2, -0.15) is 0 Å². The molecule has 0 aliphatic rings. The van der Waals surface area contributed by atoms with Gasteiger partial charge in [-0.05, 0) is 23.1 Å². The lowest BCUT2D eigenvalue weighted by Gasteiger charge is -2.06. The first-order chi connectivity index (χ1) is 10.5. The first-order valence-corrected chi connectivity index (χ1v) is 7.07. The number of hydrogen-bond acceptors (Lipinski definition) is 11. The summed E-state index contributed by atoms with van der Waals surface area (Å²) in [6.07, 6.45) is 1.72. The molecule has 0 bridgehead atoms. The zero-order valence-electron chi connectivity index (χ0n) is 11.4. The van der Waals surface area contributed by atoms with Gasteiger partial charge < -0.3 is 14.9 Å². The van der Waals surface area contributed by atoms with E-state index in [-0.39, 0.29) is 24.1 Å². The second kappa shape index (κ2) is 6.75. The fourth-order valence-corrected chi connectivity index (χ4v) is 1.62. The summed E-state index contributed by atoms with van der Waals surface area (Å²) in [5.74, 6) is -1.42. The Morgan fingerprint density at radius 2 is 2.23 bits per heavy atom. The Bertz CT molecular complexity index is 705. The topological polar surface area (TPSA) is 162 Å². The van der Waals surface area contributed by atoms with E-state index in [0.717, 1.165) is 0 Å². The van der Waals surface area contributed by atoms with Gasteiger partial charge in [0.25, 0.3) is 0 Å². The van der Waals surface area contributed by atoms with E-state index in [1.807, 2.05) is 0 Å². The Labute approximate surface area is 127 Å². The molecule has 22 heavy (non-hydrogen) atoms. The number of aromatic nitrogens is 6. The molecule has 0 unspecified atom stereocenters. The van der Waals surface area contributed by atoms with Gasteiger partial charge in [-0.15, -0.1) is 15.3 Å². The Kier molecular flexibility index (Phi) is 4.77. The molecule has 0 spiro atoms. The fraction of sp³-hybridized carbons (Fsp3) is 0.333. The van der Waals surface area contributed by atoms with Crippen molar-refractivity contribution in [1.29, 1.82) is 0 Å². The minimum Gasteiger partial charge on any atom is -0.461 e. The molecule has 0 saturated carbocycles. The molecule has 0 amide bonds. The lowest BCUT2D eigenvalue weighted by molar-refractivity contribution is -0.394. The molecule has 2 N–H and O–H groups in total. The van der Waals surface area contributed by atoms with Crippen LogP contribution in [0.25, 0.3) is 0 Å². The van der Waals surface area contributed by atoms with Crippen molar-refractivity contribution in [2.45, 2.75) is 12.1 Å². The molecule has 12 nitrogen and oxygen atoms in total. The number of nitrogens with zero attached hydrogens (tertiary/aromatic N) is 6. The van der Waals surface area contributed by atoms with E-state index in [9.17, 15) is 14.9 Å². The molecule has 0 aromatic carbocycles. The molecule has 2 heterocycles. The molecule has 0 aliphatic carbocycles. The van der Waals surface area contributed by atoms with Crippen LogP contribution in [0.3, 0.4) is 0 Å². The van der Waals surface area contributed by atoms with Gasteiger partial charge in [-0.3, -0.25) is 5.32 Å². The minimum atomic E-state index is -0.740. The van der Waals surface area contributed by atoms with E-state index in [1.165, 1.54) is 11.8 Å². The molecular formula is C9H10N8O4S.